The van der Waals surface area contributed by atoms with E-state index in [1.807, 2.05) is 32.9 Å². The van der Waals surface area contributed by atoms with Crippen LogP contribution in [0.1, 0.15) is 42.8 Å². The van der Waals surface area contributed by atoms with E-state index in [9.17, 15) is 19.6 Å². The third kappa shape index (κ3) is 4.67. The molecule has 1 fully saturated rings. The summed E-state index contributed by atoms with van der Waals surface area (Å²) in [6.45, 7) is 6.15. The Morgan fingerprint density at radius 3 is 2.68 bits per heavy atom. The molecule has 0 unspecified atom stereocenters. The van der Waals surface area contributed by atoms with Crippen molar-refractivity contribution in [3.8, 4) is 6.07 Å². The number of rotatable bonds is 7. The van der Waals surface area contributed by atoms with E-state index in [-0.39, 0.29) is 17.5 Å². The van der Waals surface area contributed by atoms with Gasteiger partial charge in [-0.25, -0.2) is 4.79 Å². The zero-order valence-electron chi connectivity index (χ0n) is 16.7. The molecule has 8 nitrogen and oxygen atoms in total. The van der Waals surface area contributed by atoms with E-state index < -0.39 is 18.5 Å². The maximum atomic E-state index is 12.2. The van der Waals surface area contributed by atoms with Gasteiger partial charge in [0.25, 0.3) is 5.91 Å². The average molecular weight is 387 g/mol. The van der Waals surface area contributed by atoms with Gasteiger partial charge in [0.2, 0.25) is 5.91 Å². The molecule has 1 atom stereocenters. The summed E-state index contributed by atoms with van der Waals surface area (Å²) in [6.07, 6.45) is 2.38. The summed E-state index contributed by atoms with van der Waals surface area (Å²) < 4.78 is 12.2. The minimum atomic E-state index is -0.891. The van der Waals surface area contributed by atoms with Gasteiger partial charge in [0.05, 0.1) is 12.6 Å². The highest BCUT2D eigenvalue weighted by atomic mass is 16.5. The lowest BCUT2D eigenvalue weighted by Crippen LogP contribution is -2.35. The molecule has 0 bridgehead atoms. The van der Waals surface area contributed by atoms with Gasteiger partial charge >= 0.3 is 5.97 Å². The molecule has 1 saturated heterocycles. The van der Waals surface area contributed by atoms with Gasteiger partial charge in [-0.2, -0.15) is 5.26 Å². The number of amides is 2. The third-order valence-corrected chi connectivity index (χ3v) is 4.71. The number of carbonyl (C=O) groups is 3. The Morgan fingerprint density at radius 2 is 2.11 bits per heavy atom. The monoisotopic (exact) mass is 387 g/mol. The summed E-state index contributed by atoms with van der Waals surface area (Å²) in [4.78, 5) is 36.8. The number of hydrogen-bond donors (Lipinski definition) is 0. The van der Waals surface area contributed by atoms with Crippen LogP contribution in [0.25, 0.3) is 6.08 Å². The highest BCUT2D eigenvalue weighted by Gasteiger charge is 2.27. The van der Waals surface area contributed by atoms with Gasteiger partial charge in [-0.1, -0.05) is 0 Å². The van der Waals surface area contributed by atoms with Crippen LogP contribution in [0, 0.1) is 25.2 Å². The van der Waals surface area contributed by atoms with Gasteiger partial charge in [0.1, 0.15) is 11.6 Å². The number of ether oxygens (including phenoxy) is 2. The molecular formula is C20H25N3O5. The Balaban J connectivity index is 2.12. The lowest BCUT2D eigenvalue weighted by Gasteiger charge is -2.17. The normalized spacial score (nSPS) is 15.5. The van der Waals surface area contributed by atoms with Crippen LogP contribution in [0.5, 0.6) is 0 Å². The second-order valence-corrected chi connectivity index (χ2v) is 6.79. The van der Waals surface area contributed by atoms with Crippen LogP contribution in [0.15, 0.2) is 11.6 Å². The predicted octanol–water partition coefficient (Wildman–Crippen LogP) is 1.91. The van der Waals surface area contributed by atoms with E-state index in [2.05, 4.69) is 4.57 Å². The first-order valence-corrected chi connectivity index (χ1v) is 9.09. The van der Waals surface area contributed by atoms with E-state index in [1.54, 1.807) is 7.11 Å². The lowest BCUT2D eigenvalue weighted by molar-refractivity contribution is -0.152. The molecule has 28 heavy (non-hydrogen) atoms. The van der Waals surface area contributed by atoms with Gasteiger partial charge in [-0.15, -0.1) is 0 Å². The Labute approximate surface area is 164 Å². The van der Waals surface area contributed by atoms with Gasteiger partial charge < -0.3 is 14.0 Å². The molecule has 0 N–H and O–H groups in total. The number of likely N-dealkylation sites (tertiary alicyclic amines) is 1. The highest BCUT2D eigenvalue weighted by molar-refractivity contribution is 6.01. The van der Waals surface area contributed by atoms with Crippen molar-refractivity contribution < 1.29 is 23.9 Å². The summed E-state index contributed by atoms with van der Waals surface area (Å²) in [5, 5.41) is 9.34. The van der Waals surface area contributed by atoms with Crippen LogP contribution in [0.4, 0.5) is 0 Å². The van der Waals surface area contributed by atoms with Crippen molar-refractivity contribution in [2.24, 2.45) is 0 Å². The fourth-order valence-electron chi connectivity index (χ4n) is 3.43. The van der Waals surface area contributed by atoms with Crippen LogP contribution in [0.2, 0.25) is 0 Å². The van der Waals surface area contributed by atoms with Crippen molar-refractivity contribution in [1.29, 1.82) is 5.26 Å². The number of nitrogens with zero attached hydrogens (tertiary/aromatic N) is 3. The van der Waals surface area contributed by atoms with Gasteiger partial charge in [-0.05, 0) is 44.9 Å². The average Bonchev–Trinajstić information content (AvgIpc) is 3.20. The molecule has 2 amide bonds. The van der Waals surface area contributed by atoms with E-state index in [0.717, 1.165) is 21.9 Å². The molecule has 1 aliphatic rings. The van der Waals surface area contributed by atoms with Gasteiger partial charge in [0.15, 0.2) is 6.61 Å². The number of esters is 1. The zero-order chi connectivity index (χ0) is 20.8. The first kappa shape index (κ1) is 21.4. The summed E-state index contributed by atoms with van der Waals surface area (Å²) in [6, 6.07) is 3.80. The standard InChI is InChI=1S/C20H25N3O5/c1-13-8-16(15(3)23(13)14(2)11-27-4)9-17(10-21)20(26)28-12-19(25)22-7-5-6-18(22)24/h8-9,14H,5-7,11-12H2,1-4H3/b17-9+/t14-/m0/s1. The highest BCUT2D eigenvalue weighted by Crippen LogP contribution is 2.23. The second-order valence-electron chi connectivity index (χ2n) is 6.79. The molecular weight excluding hydrogens is 362 g/mol. The Bertz CT molecular complexity index is 847. The number of aromatic nitrogens is 1. The number of carbonyl (C=O) groups excluding carboxylic acids is 3. The number of nitriles is 1. The fraction of sp³-hybridized carbons (Fsp3) is 0.500. The minimum absolute atomic E-state index is 0.0975. The lowest BCUT2D eigenvalue weighted by atomic mass is 10.1. The maximum absolute atomic E-state index is 12.2. The van der Waals surface area contributed by atoms with Crippen LogP contribution in [-0.2, 0) is 23.9 Å². The largest absolute Gasteiger partial charge is 0.451 e. The smallest absolute Gasteiger partial charge is 0.349 e. The van der Waals surface area contributed by atoms with Crippen LogP contribution >= 0.6 is 0 Å². The first-order chi connectivity index (χ1) is 13.3. The Kier molecular flexibility index (Phi) is 7.12. The van der Waals surface area contributed by atoms with Crippen molar-refractivity contribution in [2.45, 2.75) is 39.7 Å². The molecule has 2 rings (SSSR count). The Hall–Kier alpha value is -2.92. The van der Waals surface area contributed by atoms with E-state index in [0.29, 0.717) is 26.0 Å². The van der Waals surface area contributed by atoms with Crippen molar-refractivity contribution in [3.05, 3.63) is 28.6 Å². The molecule has 0 spiro atoms. The molecule has 8 heteroatoms. The van der Waals surface area contributed by atoms with E-state index in [1.165, 1.54) is 6.08 Å². The summed E-state index contributed by atoms with van der Waals surface area (Å²) in [5.41, 5.74) is 2.37. The number of methoxy groups -OCH3 is 1. The molecule has 0 aromatic carbocycles. The molecule has 150 valence electrons. The van der Waals surface area contributed by atoms with Crippen molar-refractivity contribution >= 4 is 23.9 Å². The molecule has 0 saturated carbocycles. The van der Waals surface area contributed by atoms with Gasteiger partial charge in [-0.3, -0.25) is 14.5 Å². The molecule has 2 heterocycles. The van der Waals surface area contributed by atoms with Crippen molar-refractivity contribution in [1.82, 2.24) is 9.47 Å². The third-order valence-electron chi connectivity index (χ3n) is 4.71. The molecule has 1 aliphatic heterocycles. The van der Waals surface area contributed by atoms with Crippen LogP contribution in [0.3, 0.4) is 0 Å². The van der Waals surface area contributed by atoms with Crippen molar-refractivity contribution in [3.63, 3.8) is 0 Å². The summed E-state index contributed by atoms with van der Waals surface area (Å²) in [7, 11) is 1.63. The van der Waals surface area contributed by atoms with Crippen molar-refractivity contribution in [2.75, 3.05) is 26.9 Å². The number of aryl methyl sites for hydroxylation is 1. The number of hydrogen-bond acceptors (Lipinski definition) is 6. The first-order valence-electron chi connectivity index (χ1n) is 9.09. The quantitative estimate of drug-likeness (QED) is 0.402. The molecule has 1 aromatic rings. The summed E-state index contributed by atoms with van der Waals surface area (Å²) in [5.74, 6) is -1.73. The Morgan fingerprint density at radius 1 is 1.39 bits per heavy atom. The maximum Gasteiger partial charge on any atom is 0.349 e. The number of imide groups is 1. The van der Waals surface area contributed by atoms with Crippen LogP contribution < -0.4 is 0 Å². The SMILES string of the molecule is COC[C@H](C)n1c(C)cc(/C=C(\C#N)C(=O)OCC(=O)N2CCCC2=O)c1C. The summed E-state index contributed by atoms with van der Waals surface area (Å²) >= 11 is 0. The second kappa shape index (κ2) is 9.33. The molecule has 0 aliphatic carbocycles. The fourth-order valence-corrected chi connectivity index (χ4v) is 3.43. The minimum Gasteiger partial charge on any atom is -0.451 e. The van der Waals surface area contributed by atoms with Crippen LogP contribution in [-0.4, -0.2) is 54.1 Å². The molecule has 1 aromatic heterocycles. The van der Waals surface area contributed by atoms with E-state index >= 15 is 0 Å². The predicted molar refractivity (Wildman–Crippen MR) is 101 cm³/mol. The topological polar surface area (TPSA) is 102 Å². The zero-order valence-corrected chi connectivity index (χ0v) is 16.7. The van der Waals surface area contributed by atoms with Gasteiger partial charge in [0, 0.05) is 31.5 Å². The molecule has 0 radical (unpaired) electrons. The van der Waals surface area contributed by atoms with E-state index in [4.69, 9.17) is 9.47 Å².